The van der Waals surface area contributed by atoms with Crippen molar-refractivity contribution >= 4 is 11.8 Å². The highest BCUT2D eigenvalue weighted by Crippen LogP contribution is 2.36. The molecular weight excluding hydrogens is 200 g/mol. The molecule has 0 aliphatic carbocycles. The van der Waals surface area contributed by atoms with Gasteiger partial charge in [-0.05, 0) is 13.3 Å². The Hall–Kier alpha value is -1.14. The van der Waals surface area contributed by atoms with E-state index in [-0.39, 0.29) is 6.42 Å². The van der Waals surface area contributed by atoms with E-state index in [1.165, 1.54) is 14.0 Å². The largest absolute Gasteiger partial charge is 0.363 e. The molecule has 2 aliphatic heterocycles. The molecule has 0 radical (unpaired) electrons. The lowest BCUT2D eigenvalue weighted by molar-refractivity contribution is -0.221. The van der Waals surface area contributed by atoms with Crippen LogP contribution in [-0.4, -0.2) is 56.9 Å². The quantitative estimate of drug-likeness (QED) is 0.513. The van der Waals surface area contributed by atoms with Crippen molar-refractivity contribution in [2.24, 2.45) is 0 Å². The van der Waals surface area contributed by atoms with Gasteiger partial charge in [0, 0.05) is 20.0 Å². The fourth-order valence-corrected chi connectivity index (χ4v) is 2.16. The van der Waals surface area contributed by atoms with Crippen LogP contribution in [0.4, 0.5) is 0 Å². The highest BCUT2D eigenvalue weighted by atomic mass is 16.4. The third kappa shape index (κ3) is 1.06. The Balaban J connectivity index is 2.48. The van der Waals surface area contributed by atoms with Gasteiger partial charge in [0.25, 0.3) is 11.8 Å². The van der Waals surface area contributed by atoms with Gasteiger partial charge in [0.2, 0.25) is 11.4 Å². The maximum atomic E-state index is 11.8. The summed E-state index contributed by atoms with van der Waals surface area (Å²) in [5.41, 5.74) is -3.60. The summed E-state index contributed by atoms with van der Waals surface area (Å²) in [5, 5.41) is 19.9. The molecular formula is C9H14N2O4. The molecule has 2 atom stereocenters. The average Bonchev–Trinajstić information content (AvgIpc) is 2.56. The van der Waals surface area contributed by atoms with Crippen LogP contribution in [-0.2, 0) is 9.59 Å². The van der Waals surface area contributed by atoms with Crippen LogP contribution in [0.3, 0.4) is 0 Å². The van der Waals surface area contributed by atoms with Crippen molar-refractivity contribution in [1.29, 1.82) is 0 Å². The molecule has 2 heterocycles. The number of hydrogen-bond donors (Lipinski definition) is 2. The molecule has 0 bridgehead atoms. The Morgan fingerprint density at radius 3 is 2.47 bits per heavy atom. The van der Waals surface area contributed by atoms with Crippen molar-refractivity contribution in [3.8, 4) is 0 Å². The molecule has 2 rings (SSSR count). The molecule has 6 nitrogen and oxygen atoms in total. The van der Waals surface area contributed by atoms with Gasteiger partial charge in [-0.1, -0.05) is 0 Å². The van der Waals surface area contributed by atoms with Crippen LogP contribution in [0.1, 0.15) is 19.8 Å². The van der Waals surface area contributed by atoms with Crippen molar-refractivity contribution in [2.75, 3.05) is 13.6 Å². The number of rotatable bonds is 0. The predicted octanol–water partition coefficient (Wildman–Crippen LogP) is -1.52. The van der Waals surface area contributed by atoms with E-state index in [0.29, 0.717) is 13.0 Å². The Bertz CT molecular complexity index is 339. The lowest BCUT2D eigenvalue weighted by Gasteiger charge is -2.47. The van der Waals surface area contributed by atoms with Crippen molar-refractivity contribution < 1.29 is 19.8 Å². The maximum Gasteiger partial charge on any atom is 0.278 e. The highest BCUT2D eigenvalue weighted by molar-refractivity contribution is 6.00. The first-order valence-electron chi connectivity index (χ1n) is 4.87. The third-order valence-electron chi connectivity index (χ3n) is 3.30. The second-order valence-corrected chi connectivity index (χ2v) is 4.26. The minimum absolute atomic E-state index is 0.234. The number of carbonyl (C=O) groups is 2. The van der Waals surface area contributed by atoms with Crippen LogP contribution < -0.4 is 0 Å². The molecule has 0 saturated carbocycles. The standard InChI is InChI=1S/C9H14N2O4/c1-8(14)6(12)11-5-3-4-9(11,15)7(13)10(8)2/h14-15H,3-5H2,1-2H3/t8-,9-/m1/s1. The van der Waals surface area contributed by atoms with E-state index in [1.807, 2.05) is 0 Å². The molecule has 0 aromatic carbocycles. The smallest absolute Gasteiger partial charge is 0.278 e. The molecule has 6 heteroatoms. The van der Waals surface area contributed by atoms with E-state index < -0.39 is 23.3 Å². The molecule has 0 spiro atoms. The van der Waals surface area contributed by atoms with Crippen LogP contribution in [0.25, 0.3) is 0 Å². The molecule has 2 saturated heterocycles. The van der Waals surface area contributed by atoms with Gasteiger partial charge in [0.15, 0.2) is 0 Å². The molecule has 0 aromatic rings. The molecule has 2 aliphatic rings. The Morgan fingerprint density at radius 1 is 1.27 bits per heavy atom. The Labute approximate surface area is 87.1 Å². The average molecular weight is 214 g/mol. The summed E-state index contributed by atoms with van der Waals surface area (Å²) in [7, 11) is 1.31. The first-order chi connectivity index (χ1) is 6.82. The molecule has 15 heavy (non-hydrogen) atoms. The fraction of sp³-hybridized carbons (Fsp3) is 0.778. The van der Waals surface area contributed by atoms with E-state index in [0.717, 1.165) is 9.80 Å². The normalized spacial score (nSPS) is 41.1. The topological polar surface area (TPSA) is 81.1 Å². The number of likely N-dealkylation sites (N-methyl/N-ethyl adjacent to an activating group) is 1. The van der Waals surface area contributed by atoms with E-state index in [1.54, 1.807) is 0 Å². The van der Waals surface area contributed by atoms with Gasteiger partial charge in [-0.2, -0.15) is 0 Å². The molecule has 84 valence electrons. The van der Waals surface area contributed by atoms with Gasteiger partial charge in [0.05, 0.1) is 0 Å². The molecule has 0 aromatic heterocycles. The molecule has 2 fully saturated rings. The Morgan fingerprint density at radius 2 is 1.87 bits per heavy atom. The van der Waals surface area contributed by atoms with E-state index >= 15 is 0 Å². The number of piperazine rings is 1. The lowest BCUT2D eigenvalue weighted by atomic mass is 10.0. The SMILES string of the molecule is CN1C(=O)[C@]2(O)CCCN2C(=O)[C@@]1(C)O. The Kier molecular flexibility index (Phi) is 1.87. The summed E-state index contributed by atoms with van der Waals surface area (Å²) in [6.07, 6.45) is 0.801. The van der Waals surface area contributed by atoms with E-state index in [4.69, 9.17) is 0 Å². The number of nitrogens with zero attached hydrogens (tertiary/aromatic N) is 2. The third-order valence-corrected chi connectivity index (χ3v) is 3.30. The van der Waals surface area contributed by atoms with Gasteiger partial charge in [-0.15, -0.1) is 0 Å². The van der Waals surface area contributed by atoms with E-state index in [9.17, 15) is 19.8 Å². The minimum Gasteiger partial charge on any atom is -0.363 e. The number of aliphatic hydroxyl groups is 2. The lowest BCUT2D eigenvalue weighted by Crippen LogP contribution is -2.73. The minimum atomic E-state index is -1.85. The predicted molar refractivity (Wildman–Crippen MR) is 49.3 cm³/mol. The van der Waals surface area contributed by atoms with Crippen molar-refractivity contribution in [1.82, 2.24) is 9.80 Å². The van der Waals surface area contributed by atoms with Gasteiger partial charge >= 0.3 is 0 Å². The summed E-state index contributed by atoms with van der Waals surface area (Å²) >= 11 is 0. The zero-order valence-electron chi connectivity index (χ0n) is 8.73. The van der Waals surface area contributed by atoms with Gasteiger partial charge in [-0.25, -0.2) is 0 Å². The van der Waals surface area contributed by atoms with E-state index in [2.05, 4.69) is 0 Å². The van der Waals surface area contributed by atoms with Crippen LogP contribution in [0.15, 0.2) is 0 Å². The molecule has 0 unspecified atom stereocenters. The summed E-state index contributed by atoms with van der Waals surface area (Å²) in [5.74, 6) is -1.24. The number of amides is 2. The van der Waals surface area contributed by atoms with Crippen LogP contribution in [0.2, 0.25) is 0 Å². The monoisotopic (exact) mass is 214 g/mol. The van der Waals surface area contributed by atoms with Gasteiger partial charge < -0.3 is 20.0 Å². The molecule has 2 amide bonds. The van der Waals surface area contributed by atoms with Crippen molar-refractivity contribution in [2.45, 2.75) is 31.2 Å². The zero-order valence-corrected chi connectivity index (χ0v) is 8.73. The highest BCUT2D eigenvalue weighted by Gasteiger charge is 2.60. The maximum absolute atomic E-state index is 11.8. The van der Waals surface area contributed by atoms with Gasteiger partial charge in [-0.3, -0.25) is 9.59 Å². The fourth-order valence-electron chi connectivity index (χ4n) is 2.16. The van der Waals surface area contributed by atoms with Crippen LogP contribution in [0.5, 0.6) is 0 Å². The van der Waals surface area contributed by atoms with Crippen molar-refractivity contribution in [3.63, 3.8) is 0 Å². The first kappa shape index (κ1) is 10.4. The van der Waals surface area contributed by atoms with Gasteiger partial charge in [0.1, 0.15) is 0 Å². The second kappa shape index (κ2) is 2.70. The van der Waals surface area contributed by atoms with Crippen LogP contribution >= 0.6 is 0 Å². The summed E-state index contributed by atoms with van der Waals surface area (Å²) < 4.78 is 0. The van der Waals surface area contributed by atoms with Crippen molar-refractivity contribution in [3.05, 3.63) is 0 Å². The number of hydrogen-bond acceptors (Lipinski definition) is 4. The summed E-state index contributed by atoms with van der Waals surface area (Å²) in [4.78, 5) is 25.6. The zero-order chi connectivity index (χ0) is 11.4. The molecule has 2 N–H and O–H groups in total. The van der Waals surface area contributed by atoms with Crippen LogP contribution in [0, 0.1) is 0 Å². The number of fused-ring (bicyclic) bond motifs is 1. The first-order valence-corrected chi connectivity index (χ1v) is 4.87. The second-order valence-electron chi connectivity index (χ2n) is 4.26. The summed E-state index contributed by atoms with van der Waals surface area (Å²) in [6, 6.07) is 0. The summed E-state index contributed by atoms with van der Waals surface area (Å²) in [6.45, 7) is 1.57. The number of carbonyl (C=O) groups excluding carboxylic acids is 2.